The lowest BCUT2D eigenvalue weighted by Gasteiger charge is -2.15. The summed E-state index contributed by atoms with van der Waals surface area (Å²) in [4.78, 5) is 15.3. The molecule has 3 heteroatoms. The molecule has 3 nitrogen and oxygen atoms in total. The van der Waals surface area contributed by atoms with E-state index in [4.69, 9.17) is 15.0 Å². The van der Waals surface area contributed by atoms with Gasteiger partial charge in [0, 0.05) is 33.8 Å². The first-order valence-corrected chi connectivity index (χ1v) is 19.7. The Morgan fingerprint density at radius 2 is 0.793 bits per heavy atom. The third-order valence-electron chi connectivity index (χ3n) is 11.3. The maximum absolute atomic E-state index is 5.29. The SMILES string of the molecule is c1ccc(-c2ccc(-c3cc(-c4cc(-c5ccc6c7ccccc7c7ccccc7c6c5)cc(-c5cccc6cccnc56)c4)nc(-c4ccccc4)n3)cc2)cc1. The lowest BCUT2D eigenvalue weighted by molar-refractivity contribution is 1.18. The van der Waals surface area contributed by atoms with Crippen molar-refractivity contribution in [1.82, 2.24) is 15.0 Å². The average molecular weight is 738 g/mol. The van der Waals surface area contributed by atoms with Gasteiger partial charge in [-0.15, -0.1) is 0 Å². The molecule has 2 aromatic heterocycles. The van der Waals surface area contributed by atoms with Crippen molar-refractivity contribution in [3.8, 4) is 67.3 Å². The van der Waals surface area contributed by atoms with E-state index in [0.29, 0.717) is 5.82 Å². The zero-order chi connectivity index (χ0) is 38.4. The summed E-state index contributed by atoms with van der Waals surface area (Å²) in [6, 6.07) is 73.4. The summed E-state index contributed by atoms with van der Waals surface area (Å²) in [6.07, 6.45) is 1.88. The minimum absolute atomic E-state index is 0.683. The van der Waals surface area contributed by atoms with Crippen LogP contribution in [0.15, 0.2) is 212 Å². The van der Waals surface area contributed by atoms with Crippen LogP contribution in [-0.2, 0) is 0 Å². The molecule has 0 atom stereocenters. The van der Waals surface area contributed by atoms with Crippen molar-refractivity contribution in [2.24, 2.45) is 0 Å². The van der Waals surface area contributed by atoms with Gasteiger partial charge in [-0.2, -0.15) is 0 Å². The summed E-state index contributed by atoms with van der Waals surface area (Å²) in [6.45, 7) is 0. The van der Waals surface area contributed by atoms with Crippen molar-refractivity contribution in [3.63, 3.8) is 0 Å². The van der Waals surface area contributed by atoms with Gasteiger partial charge in [0.1, 0.15) is 0 Å². The molecule has 2 heterocycles. The third kappa shape index (κ3) is 5.98. The fourth-order valence-electron chi connectivity index (χ4n) is 8.45. The number of aromatic nitrogens is 3. The second-order valence-electron chi connectivity index (χ2n) is 14.8. The van der Waals surface area contributed by atoms with Crippen LogP contribution in [0.2, 0.25) is 0 Å². The van der Waals surface area contributed by atoms with Crippen LogP contribution in [0.4, 0.5) is 0 Å². The van der Waals surface area contributed by atoms with Crippen molar-refractivity contribution >= 4 is 43.2 Å². The molecule has 270 valence electrons. The molecule has 0 saturated carbocycles. The minimum atomic E-state index is 0.683. The van der Waals surface area contributed by atoms with Gasteiger partial charge in [-0.3, -0.25) is 4.98 Å². The van der Waals surface area contributed by atoms with Gasteiger partial charge in [0.05, 0.1) is 16.9 Å². The van der Waals surface area contributed by atoms with Gasteiger partial charge >= 0.3 is 0 Å². The van der Waals surface area contributed by atoms with E-state index in [1.807, 2.05) is 36.5 Å². The number of benzene rings is 9. The zero-order valence-corrected chi connectivity index (χ0v) is 31.5. The zero-order valence-electron chi connectivity index (χ0n) is 31.5. The quantitative estimate of drug-likeness (QED) is 0.160. The van der Waals surface area contributed by atoms with E-state index >= 15 is 0 Å². The highest BCUT2D eigenvalue weighted by molar-refractivity contribution is 6.25. The largest absolute Gasteiger partial charge is 0.256 e. The topological polar surface area (TPSA) is 38.7 Å². The summed E-state index contributed by atoms with van der Waals surface area (Å²) in [5, 5.41) is 8.63. The fraction of sp³-hybridized carbons (Fsp3) is 0. The second-order valence-corrected chi connectivity index (χ2v) is 14.8. The Morgan fingerprint density at radius 1 is 0.276 bits per heavy atom. The summed E-state index contributed by atoms with van der Waals surface area (Å²) < 4.78 is 0. The third-order valence-corrected chi connectivity index (χ3v) is 11.3. The maximum Gasteiger partial charge on any atom is 0.160 e. The van der Waals surface area contributed by atoms with Crippen LogP contribution in [0.5, 0.6) is 0 Å². The van der Waals surface area contributed by atoms with Gasteiger partial charge in [-0.25, -0.2) is 9.97 Å². The highest BCUT2D eigenvalue weighted by Gasteiger charge is 2.16. The number of rotatable bonds is 6. The molecule has 11 rings (SSSR count). The summed E-state index contributed by atoms with van der Waals surface area (Å²) in [5.41, 5.74) is 12.4. The van der Waals surface area contributed by atoms with E-state index in [0.717, 1.165) is 61.2 Å². The Kier molecular flexibility index (Phi) is 8.15. The van der Waals surface area contributed by atoms with E-state index in [1.54, 1.807) is 0 Å². The van der Waals surface area contributed by atoms with E-state index in [9.17, 15) is 0 Å². The molecule has 0 amide bonds. The number of pyridine rings is 1. The smallest absolute Gasteiger partial charge is 0.160 e. The summed E-state index contributed by atoms with van der Waals surface area (Å²) >= 11 is 0. The molecular formula is C55H35N3. The van der Waals surface area contributed by atoms with Crippen LogP contribution >= 0.6 is 0 Å². The molecule has 0 saturated heterocycles. The molecule has 0 radical (unpaired) electrons. The average Bonchev–Trinajstić information content (AvgIpc) is 3.31. The molecular weight excluding hydrogens is 703 g/mol. The normalized spacial score (nSPS) is 11.4. The summed E-state index contributed by atoms with van der Waals surface area (Å²) in [5.74, 6) is 0.683. The van der Waals surface area contributed by atoms with Gasteiger partial charge in [-0.05, 0) is 96.5 Å². The molecule has 0 N–H and O–H groups in total. The van der Waals surface area contributed by atoms with Crippen LogP contribution in [0, 0.1) is 0 Å². The van der Waals surface area contributed by atoms with Crippen LogP contribution in [0.25, 0.3) is 111 Å². The van der Waals surface area contributed by atoms with E-state index in [2.05, 4.69) is 176 Å². The minimum Gasteiger partial charge on any atom is -0.256 e. The molecule has 11 aromatic rings. The molecule has 0 unspecified atom stereocenters. The highest BCUT2D eigenvalue weighted by atomic mass is 14.9. The van der Waals surface area contributed by atoms with Crippen molar-refractivity contribution in [2.75, 3.05) is 0 Å². The van der Waals surface area contributed by atoms with Gasteiger partial charge in [0.15, 0.2) is 5.82 Å². The number of fused-ring (bicyclic) bond motifs is 7. The molecule has 0 aliphatic carbocycles. The number of nitrogens with zero attached hydrogens (tertiary/aromatic N) is 3. The Balaban J connectivity index is 1.14. The number of para-hydroxylation sites is 1. The Morgan fingerprint density at radius 3 is 1.50 bits per heavy atom. The van der Waals surface area contributed by atoms with Crippen LogP contribution in [-0.4, -0.2) is 15.0 Å². The molecule has 0 fully saturated rings. The second kappa shape index (κ2) is 14.1. The molecule has 0 spiro atoms. The van der Waals surface area contributed by atoms with Crippen molar-refractivity contribution in [1.29, 1.82) is 0 Å². The van der Waals surface area contributed by atoms with Crippen LogP contribution in [0.1, 0.15) is 0 Å². The van der Waals surface area contributed by atoms with Crippen molar-refractivity contribution in [2.45, 2.75) is 0 Å². The van der Waals surface area contributed by atoms with Crippen LogP contribution in [0.3, 0.4) is 0 Å². The van der Waals surface area contributed by atoms with E-state index < -0.39 is 0 Å². The lowest BCUT2D eigenvalue weighted by atomic mass is 9.90. The highest BCUT2D eigenvalue weighted by Crippen LogP contribution is 2.40. The molecule has 58 heavy (non-hydrogen) atoms. The lowest BCUT2D eigenvalue weighted by Crippen LogP contribution is -1.97. The first-order valence-electron chi connectivity index (χ1n) is 19.7. The Labute approximate surface area is 336 Å². The van der Waals surface area contributed by atoms with Gasteiger partial charge < -0.3 is 0 Å². The molecule has 0 aliphatic rings. The van der Waals surface area contributed by atoms with Crippen LogP contribution < -0.4 is 0 Å². The van der Waals surface area contributed by atoms with E-state index in [-0.39, 0.29) is 0 Å². The Hall–Kier alpha value is -7.75. The maximum atomic E-state index is 5.29. The molecule has 0 aliphatic heterocycles. The van der Waals surface area contributed by atoms with Crippen molar-refractivity contribution in [3.05, 3.63) is 212 Å². The predicted octanol–water partition coefficient (Wildman–Crippen LogP) is 14.5. The van der Waals surface area contributed by atoms with Crippen molar-refractivity contribution < 1.29 is 0 Å². The molecule has 9 aromatic carbocycles. The fourth-order valence-corrected chi connectivity index (χ4v) is 8.45. The summed E-state index contributed by atoms with van der Waals surface area (Å²) in [7, 11) is 0. The first kappa shape index (κ1) is 33.6. The number of hydrogen-bond acceptors (Lipinski definition) is 3. The van der Waals surface area contributed by atoms with Gasteiger partial charge in [0.25, 0.3) is 0 Å². The predicted molar refractivity (Wildman–Crippen MR) is 242 cm³/mol. The standard InChI is InChI=1S/C55H35N3/c1-3-13-36(14-4-1)37-24-26-38(27-25-37)52-35-53(58-55(57-52)40-15-5-2-6-16-40)44-32-42(31-43(33-44)45-23-11-17-39-18-12-30-56-54(39)45)41-28-29-50-48-21-8-7-19-46(48)47-20-9-10-22-49(47)51(50)34-41/h1-35H. The Bertz CT molecular complexity index is 3280. The first-order chi connectivity index (χ1) is 28.7. The van der Waals surface area contributed by atoms with Gasteiger partial charge in [-0.1, -0.05) is 170 Å². The number of hydrogen-bond donors (Lipinski definition) is 0. The molecule has 0 bridgehead atoms. The van der Waals surface area contributed by atoms with Gasteiger partial charge in [0.2, 0.25) is 0 Å². The monoisotopic (exact) mass is 737 g/mol. The van der Waals surface area contributed by atoms with E-state index in [1.165, 1.54) is 43.4 Å².